The number of nitrogens with zero attached hydrogens (tertiary/aromatic N) is 4. The van der Waals surface area contributed by atoms with Crippen molar-refractivity contribution >= 4 is 34.7 Å². The Morgan fingerprint density at radius 3 is 1.42 bits per heavy atom. The molecule has 0 saturated carbocycles. The molecule has 0 bridgehead atoms. The first-order chi connectivity index (χ1) is 17.9. The maximum absolute atomic E-state index is 12.6. The second kappa shape index (κ2) is 12.8. The van der Waals surface area contributed by atoms with Crippen LogP contribution in [0.4, 0.5) is 22.7 Å². The molecule has 0 aliphatic carbocycles. The lowest BCUT2D eigenvalue weighted by molar-refractivity contribution is -0.394. The predicted molar refractivity (Wildman–Crippen MR) is 128 cm³/mol. The Kier molecular flexibility index (Phi) is 9.84. The lowest BCUT2D eigenvalue weighted by atomic mass is 9.98. The summed E-state index contributed by atoms with van der Waals surface area (Å²) in [4.78, 5) is 65.7. The van der Waals surface area contributed by atoms with E-state index in [1.807, 2.05) is 0 Å². The minimum Gasteiger partial charge on any atom is -0.462 e. The molecule has 2 atom stereocenters. The third-order valence-electron chi connectivity index (χ3n) is 5.47. The van der Waals surface area contributed by atoms with Gasteiger partial charge in [-0.3, -0.25) is 40.5 Å². The van der Waals surface area contributed by atoms with Crippen molar-refractivity contribution in [1.82, 2.24) is 0 Å². The number of ether oxygens (including phenoxy) is 2. The van der Waals surface area contributed by atoms with Crippen molar-refractivity contribution in [3.8, 4) is 0 Å². The molecule has 0 N–H and O–H groups in total. The Bertz CT molecular complexity index is 1210. The Hall–Kier alpha value is -5.02. The zero-order valence-corrected chi connectivity index (χ0v) is 20.1. The highest BCUT2D eigenvalue weighted by molar-refractivity contribution is 5.91. The first-order valence-corrected chi connectivity index (χ1v) is 11.1. The monoisotopic (exact) mass is 534 g/mol. The van der Waals surface area contributed by atoms with Gasteiger partial charge in [0, 0.05) is 24.3 Å². The number of carbonyl (C=O) groups is 2. The van der Waals surface area contributed by atoms with E-state index in [1.54, 1.807) is 13.8 Å². The molecule has 2 aromatic rings. The van der Waals surface area contributed by atoms with E-state index in [9.17, 15) is 50.0 Å². The van der Waals surface area contributed by atoms with Gasteiger partial charge in [-0.05, 0) is 25.2 Å². The zero-order valence-electron chi connectivity index (χ0n) is 20.1. The molecule has 0 fully saturated rings. The van der Waals surface area contributed by atoms with E-state index in [0.29, 0.717) is 25.0 Å². The molecule has 0 spiro atoms. The number of rotatable bonds is 13. The quantitative estimate of drug-likeness (QED) is 0.196. The van der Waals surface area contributed by atoms with Crippen molar-refractivity contribution in [2.24, 2.45) is 5.92 Å². The van der Waals surface area contributed by atoms with Crippen molar-refractivity contribution in [2.75, 3.05) is 6.61 Å². The van der Waals surface area contributed by atoms with Gasteiger partial charge in [0.25, 0.3) is 22.7 Å². The lowest BCUT2D eigenvalue weighted by Crippen LogP contribution is -2.24. The summed E-state index contributed by atoms with van der Waals surface area (Å²) in [6.07, 6.45) is 0.171. The van der Waals surface area contributed by atoms with Crippen molar-refractivity contribution in [3.05, 3.63) is 88.0 Å². The van der Waals surface area contributed by atoms with E-state index in [2.05, 4.69) is 0 Å². The molecule has 0 aromatic heterocycles. The highest BCUT2D eigenvalue weighted by Gasteiger charge is 2.25. The first-order valence-electron chi connectivity index (χ1n) is 11.1. The Morgan fingerprint density at radius 1 is 0.684 bits per heavy atom. The molecule has 0 radical (unpaired) electrons. The minimum atomic E-state index is -1.02. The maximum atomic E-state index is 12.6. The summed E-state index contributed by atoms with van der Waals surface area (Å²) >= 11 is 0. The number of carbonyl (C=O) groups excluding carboxylic acids is 2. The van der Waals surface area contributed by atoms with Crippen LogP contribution in [0.2, 0.25) is 0 Å². The van der Waals surface area contributed by atoms with E-state index < -0.39 is 60.5 Å². The summed E-state index contributed by atoms with van der Waals surface area (Å²) in [6, 6.07) is 4.85. The molecule has 16 nitrogen and oxygen atoms in total. The molecule has 0 saturated heterocycles. The van der Waals surface area contributed by atoms with Gasteiger partial charge in [0.2, 0.25) is 0 Å². The van der Waals surface area contributed by atoms with Crippen molar-refractivity contribution in [2.45, 2.75) is 39.2 Å². The molecule has 0 aliphatic rings. The van der Waals surface area contributed by atoms with E-state index in [1.165, 1.54) is 0 Å². The number of non-ortho nitro benzene ring substituents is 4. The Morgan fingerprint density at radius 2 is 1.08 bits per heavy atom. The van der Waals surface area contributed by atoms with Gasteiger partial charge in [0.05, 0.1) is 49.6 Å². The molecule has 0 amide bonds. The first kappa shape index (κ1) is 29.2. The van der Waals surface area contributed by atoms with E-state index in [4.69, 9.17) is 9.47 Å². The standard InChI is InChI=1S/C22H22N4O12/c1-3-13(12-37-21(27)14-6-16(23(29)30)10-17(7-14)24(31)32)5-20(4-2)38-22(28)15-8-18(25(33)34)11-19(9-15)26(35)36/h6-11,13,20H,3-5,12H2,1-2H3/t13-,20-/m1/s1. The number of esters is 2. The summed E-state index contributed by atoms with van der Waals surface area (Å²) in [5.74, 6) is -2.41. The van der Waals surface area contributed by atoms with Crippen LogP contribution in [0.5, 0.6) is 0 Å². The molecule has 0 heterocycles. The largest absolute Gasteiger partial charge is 0.462 e. The molecular weight excluding hydrogens is 512 g/mol. The topological polar surface area (TPSA) is 225 Å². The highest BCUT2D eigenvalue weighted by atomic mass is 16.6. The second-order valence-corrected chi connectivity index (χ2v) is 8.05. The average molecular weight is 534 g/mol. The van der Waals surface area contributed by atoms with Gasteiger partial charge in [-0.2, -0.15) is 0 Å². The molecule has 2 rings (SSSR count). The van der Waals surface area contributed by atoms with E-state index >= 15 is 0 Å². The number of benzene rings is 2. The van der Waals surface area contributed by atoms with Crippen LogP contribution in [0.15, 0.2) is 36.4 Å². The summed E-state index contributed by atoms with van der Waals surface area (Å²) in [7, 11) is 0. The third-order valence-corrected chi connectivity index (χ3v) is 5.47. The SMILES string of the molecule is CC[C@@H](COC(=O)c1cc([N+](=O)[O-])cc([N+](=O)[O-])c1)C[C@@H](CC)OC(=O)c1cc([N+](=O)[O-])cc([N+](=O)[O-])c1. The van der Waals surface area contributed by atoms with Crippen LogP contribution in [0, 0.1) is 46.4 Å². The van der Waals surface area contributed by atoms with Crippen molar-refractivity contribution in [3.63, 3.8) is 0 Å². The fraction of sp³-hybridized carbons (Fsp3) is 0.364. The normalized spacial score (nSPS) is 12.2. The molecular formula is C22H22N4O12. The summed E-state index contributed by atoms with van der Waals surface area (Å²) in [5, 5.41) is 44.2. The van der Waals surface area contributed by atoms with Gasteiger partial charge in [0.15, 0.2) is 0 Å². The van der Waals surface area contributed by atoms with Crippen LogP contribution in [-0.2, 0) is 9.47 Å². The van der Waals surface area contributed by atoms with Crippen molar-refractivity contribution < 1.29 is 38.8 Å². The van der Waals surface area contributed by atoms with Crippen LogP contribution in [0.3, 0.4) is 0 Å². The van der Waals surface area contributed by atoms with Crippen molar-refractivity contribution in [1.29, 1.82) is 0 Å². The average Bonchev–Trinajstić information content (AvgIpc) is 2.89. The summed E-state index contributed by atoms with van der Waals surface area (Å²) in [6.45, 7) is 3.24. The van der Waals surface area contributed by atoms with Crippen LogP contribution in [-0.4, -0.2) is 44.3 Å². The zero-order chi connectivity index (χ0) is 28.6. The van der Waals surface area contributed by atoms with Gasteiger partial charge in [0.1, 0.15) is 6.10 Å². The lowest BCUT2D eigenvalue weighted by Gasteiger charge is -2.22. The summed E-state index contributed by atoms with van der Waals surface area (Å²) in [5.41, 5.74) is -3.38. The second-order valence-electron chi connectivity index (χ2n) is 8.05. The molecule has 38 heavy (non-hydrogen) atoms. The van der Waals surface area contributed by atoms with E-state index in [0.717, 1.165) is 24.3 Å². The van der Waals surface area contributed by atoms with Gasteiger partial charge < -0.3 is 9.47 Å². The van der Waals surface area contributed by atoms with Gasteiger partial charge >= 0.3 is 11.9 Å². The fourth-order valence-electron chi connectivity index (χ4n) is 3.37. The van der Waals surface area contributed by atoms with Gasteiger partial charge in [-0.1, -0.05) is 13.8 Å². The smallest absolute Gasteiger partial charge is 0.338 e. The number of hydrogen-bond donors (Lipinski definition) is 0. The van der Waals surface area contributed by atoms with Crippen LogP contribution < -0.4 is 0 Å². The molecule has 0 aliphatic heterocycles. The number of hydrogen-bond acceptors (Lipinski definition) is 12. The van der Waals surface area contributed by atoms with Gasteiger partial charge in [-0.15, -0.1) is 0 Å². The molecule has 0 unspecified atom stereocenters. The predicted octanol–water partition coefficient (Wildman–Crippen LogP) is 4.53. The number of nitro benzene ring substituents is 4. The third kappa shape index (κ3) is 7.74. The van der Waals surface area contributed by atoms with Gasteiger partial charge in [-0.25, -0.2) is 9.59 Å². The summed E-state index contributed by atoms with van der Waals surface area (Å²) < 4.78 is 10.6. The fourth-order valence-corrected chi connectivity index (χ4v) is 3.37. The Balaban J connectivity index is 2.11. The highest BCUT2D eigenvalue weighted by Crippen LogP contribution is 2.26. The number of nitro groups is 4. The minimum absolute atomic E-state index is 0.179. The molecule has 2 aromatic carbocycles. The van der Waals surface area contributed by atoms with E-state index in [-0.39, 0.29) is 30.1 Å². The van der Waals surface area contributed by atoms with Crippen LogP contribution >= 0.6 is 0 Å². The van der Waals surface area contributed by atoms with Crippen LogP contribution in [0.25, 0.3) is 0 Å². The molecule has 16 heteroatoms. The maximum Gasteiger partial charge on any atom is 0.338 e. The molecule has 202 valence electrons. The van der Waals surface area contributed by atoms with Crippen LogP contribution in [0.1, 0.15) is 53.8 Å². The Labute approximate surface area is 213 Å².